The molecule has 2 atom stereocenters. The maximum absolute atomic E-state index is 11.7. The van der Waals surface area contributed by atoms with Crippen LogP contribution in [0.25, 0.3) is 0 Å². The van der Waals surface area contributed by atoms with Crippen LogP contribution in [-0.4, -0.2) is 49.6 Å². The van der Waals surface area contributed by atoms with Gasteiger partial charge in [0.1, 0.15) is 0 Å². The molecule has 1 amide bonds. The number of likely N-dealkylation sites (tertiary alicyclic amines) is 1. The SMILES string of the molecule is O=C(CCN1CCCC1)NC1C2CNCC21. The zero-order chi connectivity index (χ0) is 11.0. The van der Waals surface area contributed by atoms with E-state index in [2.05, 4.69) is 15.5 Å². The molecule has 1 saturated carbocycles. The zero-order valence-corrected chi connectivity index (χ0v) is 9.74. The molecule has 2 N–H and O–H groups in total. The fourth-order valence-electron chi connectivity index (χ4n) is 3.16. The van der Waals surface area contributed by atoms with E-state index in [0.29, 0.717) is 12.5 Å². The van der Waals surface area contributed by atoms with E-state index in [1.165, 1.54) is 25.9 Å². The van der Waals surface area contributed by atoms with Gasteiger partial charge in [0.15, 0.2) is 0 Å². The Hall–Kier alpha value is -0.610. The van der Waals surface area contributed by atoms with E-state index in [0.717, 1.165) is 31.5 Å². The molecular weight excluding hydrogens is 202 g/mol. The van der Waals surface area contributed by atoms with Crippen LogP contribution in [-0.2, 0) is 4.79 Å². The summed E-state index contributed by atoms with van der Waals surface area (Å²) in [4.78, 5) is 14.1. The van der Waals surface area contributed by atoms with Crippen LogP contribution < -0.4 is 10.6 Å². The number of hydrogen-bond donors (Lipinski definition) is 2. The van der Waals surface area contributed by atoms with Gasteiger partial charge < -0.3 is 15.5 Å². The van der Waals surface area contributed by atoms with Crippen molar-refractivity contribution in [2.45, 2.75) is 25.3 Å². The first-order chi connectivity index (χ1) is 7.84. The third-order valence-electron chi connectivity index (χ3n) is 4.27. The molecular formula is C12H21N3O. The van der Waals surface area contributed by atoms with Crippen molar-refractivity contribution in [2.24, 2.45) is 11.8 Å². The average molecular weight is 223 g/mol. The number of piperidine rings is 1. The van der Waals surface area contributed by atoms with Crippen molar-refractivity contribution < 1.29 is 4.79 Å². The Morgan fingerprint density at radius 2 is 1.94 bits per heavy atom. The summed E-state index contributed by atoms with van der Waals surface area (Å²) >= 11 is 0. The normalized spacial score (nSPS) is 37.4. The number of amides is 1. The van der Waals surface area contributed by atoms with Crippen molar-refractivity contribution in [3.05, 3.63) is 0 Å². The molecule has 2 saturated heterocycles. The van der Waals surface area contributed by atoms with Gasteiger partial charge in [0, 0.05) is 32.1 Å². The third-order valence-corrected chi connectivity index (χ3v) is 4.27. The summed E-state index contributed by atoms with van der Waals surface area (Å²) < 4.78 is 0. The lowest BCUT2D eigenvalue weighted by molar-refractivity contribution is -0.121. The second-order valence-electron chi connectivity index (χ2n) is 5.38. The lowest BCUT2D eigenvalue weighted by atomic mass is 10.3. The molecule has 90 valence electrons. The highest BCUT2D eigenvalue weighted by molar-refractivity contribution is 5.77. The minimum Gasteiger partial charge on any atom is -0.353 e. The minimum atomic E-state index is 0.256. The largest absolute Gasteiger partial charge is 0.353 e. The van der Waals surface area contributed by atoms with E-state index in [9.17, 15) is 4.79 Å². The van der Waals surface area contributed by atoms with Crippen molar-refractivity contribution in [1.29, 1.82) is 0 Å². The fourth-order valence-corrected chi connectivity index (χ4v) is 3.16. The Balaban J connectivity index is 1.34. The van der Waals surface area contributed by atoms with E-state index in [1.54, 1.807) is 0 Å². The monoisotopic (exact) mass is 223 g/mol. The number of hydrogen-bond acceptors (Lipinski definition) is 3. The third kappa shape index (κ3) is 2.09. The van der Waals surface area contributed by atoms with Gasteiger partial charge in [-0.15, -0.1) is 0 Å². The molecule has 0 radical (unpaired) electrons. The van der Waals surface area contributed by atoms with Crippen LogP contribution in [0.1, 0.15) is 19.3 Å². The van der Waals surface area contributed by atoms with Crippen molar-refractivity contribution in [3.8, 4) is 0 Å². The second kappa shape index (κ2) is 4.34. The van der Waals surface area contributed by atoms with Crippen molar-refractivity contribution in [2.75, 3.05) is 32.7 Å². The summed E-state index contributed by atoms with van der Waals surface area (Å²) in [7, 11) is 0. The van der Waals surface area contributed by atoms with E-state index in [1.807, 2.05) is 0 Å². The summed E-state index contributed by atoms with van der Waals surface area (Å²) in [5.41, 5.74) is 0. The molecule has 2 heterocycles. The predicted octanol–water partition coefficient (Wildman–Crippen LogP) is -0.194. The number of nitrogens with zero attached hydrogens (tertiary/aromatic N) is 1. The minimum absolute atomic E-state index is 0.256. The Labute approximate surface area is 96.8 Å². The standard InChI is InChI=1S/C12H21N3O/c16-11(3-6-15-4-1-2-5-15)14-12-9-7-13-8-10(9)12/h9-10,12-13H,1-8H2,(H,14,16). The molecule has 0 bridgehead atoms. The Bertz CT molecular complexity index is 265. The van der Waals surface area contributed by atoms with Gasteiger partial charge in [0.2, 0.25) is 5.91 Å². The number of rotatable bonds is 4. The van der Waals surface area contributed by atoms with E-state index < -0.39 is 0 Å². The molecule has 16 heavy (non-hydrogen) atoms. The van der Waals surface area contributed by atoms with Crippen molar-refractivity contribution in [3.63, 3.8) is 0 Å². The zero-order valence-electron chi connectivity index (χ0n) is 9.74. The molecule has 3 aliphatic rings. The highest BCUT2D eigenvalue weighted by Crippen LogP contribution is 2.41. The summed E-state index contributed by atoms with van der Waals surface area (Å²) in [6, 6.07) is 0.493. The lowest BCUT2D eigenvalue weighted by Gasteiger charge is -2.14. The Morgan fingerprint density at radius 3 is 2.62 bits per heavy atom. The smallest absolute Gasteiger partial charge is 0.221 e. The number of carbonyl (C=O) groups is 1. The van der Waals surface area contributed by atoms with Crippen LogP contribution >= 0.6 is 0 Å². The summed E-state index contributed by atoms with van der Waals surface area (Å²) in [5.74, 6) is 1.72. The van der Waals surface area contributed by atoms with Gasteiger partial charge in [0.25, 0.3) is 0 Å². The van der Waals surface area contributed by atoms with Gasteiger partial charge in [-0.25, -0.2) is 0 Å². The molecule has 2 unspecified atom stereocenters. The van der Waals surface area contributed by atoms with Gasteiger partial charge in [0.05, 0.1) is 0 Å². The Kier molecular flexibility index (Phi) is 2.86. The summed E-state index contributed by atoms with van der Waals surface area (Å²) in [6.45, 7) is 5.52. The highest BCUT2D eigenvalue weighted by atomic mass is 16.1. The van der Waals surface area contributed by atoms with Gasteiger partial charge in [-0.2, -0.15) is 0 Å². The second-order valence-corrected chi connectivity index (χ2v) is 5.38. The van der Waals surface area contributed by atoms with Crippen molar-refractivity contribution >= 4 is 5.91 Å². The van der Waals surface area contributed by atoms with Crippen LogP contribution in [0.2, 0.25) is 0 Å². The van der Waals surface area contributed by atoms with E-state index in [4.69, 9.17) is 0 Å². The molecule has 3 fully saturated rings. The first-order valence-corrected chi connectivity index (χ1v) is 6.57. The van der Waals surface area contributed by atoms with Gasteiger partial charge in [-0.05, 0) is 37.8 Å². The van der Waals surface area contributed by atoms with E-state index >= 15 is 0 Å². The first-order valence-electron chi connectivity index (χ1n) is 6.57. The number of nitrogens with one attached hydrogen (secondary N) is 2. The van der Waals surface area contributed by atoms with Crippen LogP contribution in [0.5, 0.6) is 0 Å². The van der Waals surface area contributed by atoms with Crippen LogP contribution in [0.15, 0.2) is 0 Å². The quantitative estimate of drug-likeness (QED) is 0.694. The number of fused-ring (bicyclic) bond motifs is 1. The topological polar surface area (TPSA) is 44.4 Å². The molecule has 0 spiro atoms. The van der Waals surface area contributed by atoms with Crippen LogP contribution in [0.3, 0.4) is 0 Å². The predicted molar refractivity (Wildman–Crippen MR) is 62.1 cm³/mol. The highest BCUT2D eigenvalue weighted by Gasteiger charge is 2.53. The lowest BCUT2D eigenvalue weighted by Crippen LogP contribution is -2.34. The van der Waals surface area contributed by atoms with Gasteiger partial charge >= 0.3 is 0 Å². The molecule has 1 aliphatic carbocycles. The molecule has 0 aromatic heterocycles. The maximum atomic E-state index is 11.7. The number of carbonyl (C=O) groups excluding carboxylic acids is 1. The molecule has 2 aliphatic heterocycles. The van der Waals surface area contributed by atoms with Crippen molar-refractivity contribution in [1.82, 2.24) is 15.5 Å². The molecule has 3 rings (SSSR count). The van der Waals surface area contributed by atoms with Crippen LogP contribution in [0, 0.1) is 11.8 Å². The Morgan fingerprint density at radius 1 is 1.25 bits per heavy atom. The average Bonchev–Trinajstić information content (AvgIpc) is 2.80. The fraction of sp³-hybridized carbons (Fsp3) is 0.917. The summed E-state index contributed by atoms with van der Waals surface area (Å²) in [5, 5.41) is 6.52. The van der Waals surface area contributed by atoms with Gasteiger partial charge in [-0.1, -0.05) is 0 Å². The summed E-state index contributed by atoms with van der Waals surface area (Å²) in [6.07, 6.45) is 3.30. The first kappa shape index (κ1) is 10.5. The van der Waals surface area contributed by atoms with Crippen LogP contribution in [0.4, 0.5) is 0 Å². The molecule has 4 nitrogen and oxygen atoms in total. The molecule has 0 aromatic carbocycles. The van der Waals surface area contributed by atoms with Gasteiger partial charge in [-0.3, -0.25) is 4.79 Å². The van der Waals surface area contributed by atoms with E-state index in [-0.39, 0.29) is 5.91 Å². The molecule has 4 heteroatoms. The molecule has 0 aromatic rings. The maximum Gasteiger partial charge on any atom is 0.221 e.